The first kappa shape index (κ1) is 20.1. The Morgan fingerprint density at radius 1 is 0.697 bits per heavy atom. The number of benzene rings is 2. The number of hydrogen-bond donors (Lipinski definition) is 0. The molecule has 0 N–H and O–H groups in total. The van der Waals surface area contributed by atoms with E-state index in [0.717, 1.165) is 6.42 Å². The Morgan fingerprint density at radius 2 is 1.24 bits per heavy atom. The van der Waals surface area contributed by atoms with Crippen molar-refractivity contribution in [1.29, 1.82) is 0 Å². The number of hydrogen-bond acceptors (Lipinski definition) is 6. The predicted octanol–water partition coefficient (Wildman–Crippen LogP) is 3.72. The molecule has 5 aliphatic rings. The van der Waals surface area contributed by atoms with Crippen LogP contribution in [-0.4, -0.2) is 39.4 Å². The summed E-state index contributed by atoms with van der Waals surface area (Å²) in [5.41, 5.74) is -0.974. The zero-order chi connectivity index (χ0) is 22.6. The number of nitrogens with zero attached hydrogens (tertiary/aromatic N) is 2. The Bertz CT molecular complexity index is 1420. The lowest BCUT2D eigenvalue weighted by Crippen LogP contribution is -2.63. The zero-order valence-electron chi connectivity index (χ0n) is 17.9. The molecule has 0 amide bonds. The second-order valence-corrected chi connectivity index (χ2v) is 14.4. The molecule has 4 bridgehead atoms. The summed E-state index contributed by atoms with van der Waals surface area (Å²) in [5.74, 6) is -0.299. The Morgan fingerprint density at radius 3 is 1.85 bits per heavy atom. The van der Waals surface area contributed by atoms with Crippen molar-refractivity contribution in [2.45, 2.75) is 38.7 Å². The van der Waals surface area contributed by atoms with Crippen LogP contribution in [0.1, 0.15) is 12.8 Å². The maximum absolute atomic E-state index is 14.1. The van der Waals surface area contributed by atoms with E-state index in [0.29, 0.717) is 13.0 Å². The van der Waals surface area contributed by atoms with Crippen LogP contribution in [0.5, 0.6) is 0 Å². The van der Waals surface area contributed by atoms with Crippen molar-refractivity contribution in [3.63, 3.8) is 0 Å². The summed E-state index contributed by atoms with van der Waals surface area (Å²) in [5, 5.41) is 7.26. The minimum absolute atomic E-state index is 0.137. The van der Waals surface area contributed by atoms with Crippen LogP contribution in [0.3, 0.4) is 0 Å². The van der Waals surface area contributed by atoms with Gasteiger partial charge in [-0.3, -0.25) is 0 Å². The van der Waals surface area contributed by atoms with E-state index in [9.17, 15) is 16.8 Å². The minimum Gasteiger partial charge on any atom is -0.223 e. The van der Waals surface area contributed by atoms with E-state index in [1.165, 1.54) is 0 Å². The highest BCUT2D eigenvalue weighted by molar-refractivity contribution is 7.96. The summed E-state index contributed by atoms with van der Waals surface area (Å²) in [6.45, 7) is 0.499. The van der Waals surface area contributed by atoms with Crippen LogP contribution in [0.15, 0.2) is 92.8 Å². The van der Waals surface area contributed by atoms with Crippen LogP contribution in [0.2, 0.25) is 0 Å². The van der Waals surface area contributed by atoms with Crippen LogP contribution in [-0.2, 0) is 19.7 Å². The van der Waals surface area contributed by atoms with Crippen LogP contribution in [0, 0.1) is 29.1 Å². The summed E-state index contributed by atoms with van der Waals surface area (Å²) in [7, 11) is -7.82. The van der Waals surface area contributed by atoms with Gasteiger partial charge in [-0.25, -0.2) is 16.8 Å². The minimum atomic E-state index is -3.92. The average molecular weight is 481 g/mol. The van der Waals surface area contributed by atoms with Gasteiger partial charge in [0.15, 0.2) is 19.7 Å². The third-order valence-electron chi connectivity index (χ3n) is 9.34. The van der Waals surface area contributed by atoms with Gasteiger partial charge in [0.2, 0.25) is 0 Å². The fourth-order valence-corrected chi connectivity index (χ4v) is 13.6. The van der Waals surface area contributed by atoms with Gasteiger partial charge in [-0.15, -0.1) is 0 Å². The molecule has 2 aromatic carbocycles. The summed E-state index contributed by atoms with van der Waals surface area (Å²) in [6.07, 6.45) is 5.89. The lowest BCUT2D eigenvalue weighted by Gasteiger charge is -2.51. The molecular formula is C25H24N2O4S2. The fourth-order valence-electron chi connectivity index (χ4n) is 8.37. The number of azo groups is 1. The summed E-state index contributed by atoms with van der Waals surface area (Å²) < 4.78 is 56.6. The quantitative estimate of drug-likeness (QED) is 0.624. The number of sulfone groups is 2. The normalized spacial score (nSPS) is 42.1. The van der Waals surface area contributed by atoms with Gasteiger partial charge in [0.25, 0.3) is 0 Å². The topological polar surface area (TPSA) is 93.0 Å². The van der Waals surface area contributed by atoms with Crippen molar-refractivity contribution in [3.8, 4) is 0 Å². The van der Waals surface area contributed by atoms with Gasteiger partial charge in [0.05, 0.1) is 26.8 Å². The van der Waals surface area contributed by atoms with Gasteiger partial charge in [-0.2, -0.15) is 10.2 Å². The van der Waals surface area contributed by atoms with E-state index in [4.69, 9.17) is 5.11 Å². The van der Waals surface area contributed by atoms with Crippen molar-refractivity contribution in [2.75, 3.05) is 6.54 Å². The Hall–Kier alpha value is -2.32. The molecule has 8 heteroatoms. The first-order chi connectivity index (χ1) is 15.8. The highest BCUT2D eigenvalue weighted by Crippen LogP contribution is 2.79. The third-order valence-corrected chi connectivity index (χ3v) is 14.0. The van der Waals surface area contributed by atoms with Crippen molar-refractivity contribution < 1.29 is 16.8 Å². The molecule has 7 rings (SSSR count). The van der Waals surface area contributed by atoms with Crippen molar-refractivity contribution in [2.24, 2.45) is 39.3 Å². The lowest BCUT2D eigenvalue weighted by molar-refractivity contribution is 0.0740. The summed E-state index contributed by atoms with van der Waals surface area (Å²) in [6, 6.07) is 16.7. The van der Waals surface area contributed by atoms with Crippen molar-refractivity contribution in [3.05, 3.63) is 72.8 Å². The maximum atomic E-state index is 14.1. The second-order valence-electron chi connectivity index (χ2n) is 10.2. The third kappa shape index (κ3) is 2.12. The Labute approximate surface area is 193 Å². The molecule has 0 spiro atoms. The molecular weight excluding hydrogens is 456 g/mol. The molecule has 3 saturated carbocycles. The van der Waals surface area contributed by atoms with E-state index >= 15 is 0 Å². The van der Waals surface area contributed by atoms with Gasteiger partial charge in [0, 0.05) is 17.3 Å². The van der Waals surface area contributed by atoms with Crippen LogP contribution in [0.4, 0.5) is 0 Å². The maximum Gasteiger partial charge on any atom is 0.182 e. The molecule has 170 valence electrons. The first-order valence-electron chi connectivity index (χ1n) is 11.5. The van der Waals surface area contributed by atoms with Crippen molar-refractivity contribution >= 4 is 19.7 Å². The molecule has 2 aromatic rings. The first-order valence-corrected chi connectivity index (χ1v) is 14.6. The Balaban J connectivity index is 1.48. The van der Waals surface area contributed by atoms with Crippen molar-refractivity contribution in [1.82, 2.24) is 0 Å². The molecule has 1 heterocycles. The second kappa shape index (κ2) is 6.21. The lowest BCUT2D eigenvalue weighted by atomic mass is 9.57. The highest BCUT2D eigenvalue weighted by Gasteiger charge is 2.85. The fraction of sp³-hybridized carbons (Fsp3) is 0.440. The molecule has 8 atom stereocenters. The van der Waals surface area contributed by atoms with Gasteiger partial charge >= 0.3 is 0 Å². The van der Waals surface area contributed by atoms with E-state index in [2.05, 4.69) is 17.3 Å². The van der Waals surface area contributed by atoms with Gasteiger partial charge < -0.3 is 0 Å². The largest absolute Gasteiger partial charge is 0.223 e. The molecule has 0 unspecified atom stereocenters. The smallest absolute Gasteiger partial charge is 0.182 e. The van der Waals surface area contributed by atoms with Crippen LogP contribution < -0.4 is 0 Å². The van der Waals surface area contributed by atoms with Gasteiger partial charge in [0.1, 0.15) is 5.54 Å². The molecule has 6 nitrogen and oxygen atoms in total. The Kier molecular flexibility index (Phi) is 3.78. The molecule has 1 aliphatic heterocycles. The molecule has 0 radical (unpaired) electrons. The van der Waals surface area contributed by atoms with E-state index in [1.807, 2.05) is 0 Å². The SMILES string of the molecule is O=S(=O)(c1ccccc1)[C@@H]1[C@H](S(=O)(=O)c2ccccc2)[C@H]2C[C@@H]1[C@@]13N=NC[C@]21[C@H]1C=C[C@H]3C1. The monoisotopic (exact) mass is 480 g/mol. The zero-order valence-corrected chi connectivity index (χ0v) is 19.5. The number of allylic oxidation sites excluding steroid dienone is 1. The van der Waals surface area contributed by atoms with Crippen LogP contribution in [0.25, 0.3) is 0 Å². The van der Waals surface area contributed by atoms with Crippen LogP contribution >= 0.6 is 0 Å². The molecule has 33 heavy (non-hydrogen) atoms. The molecule has 3 fully saturated rings. The predicted molar refractivity (Wildman–Crippen MR) is 122 cm³/mol. The molecule has 0 saturated heterocycles. The summed E-state index contributed by atoms with van der Waals surface area (Å²) in [4.78, 5) is 0.384. The van der Waals surface area contributed by atoms with E-state index < -0.39 is 35.7 Å². The number of fused-ring (bicyclic) bond motifs is 4. The highest BCUT2D eigenvalue weighted by atomic mass is 32.2. The van der Waals surface area contributed by atoms with E-state index in [1.54, 1.807) is 60.7 Å². The van der Waals surface area contributed by atoms with Gasteiger partial charge in [-0.05, 0) is 48.9 Å². The van der Waals surface area contributed by atoms with E-state index in [-0.39, 0.29) is 38.9 Å². The standard InChI is InChI=1S/C25H24N2O4S2/c28-32(29,18-7-3-1-4-8-18)22-20-14-21(23(22)33(30,31)19-9-5-2-6-10-19)25-17-12-11-16(13-17)24(20,25)15-26-27-25/h1-12,16-17,20-23H,13-15H2/t16-,17-,20+,21-,22+,23-,24-,25+/m0/s1. The average Bonchev–Trinajstić information content (AvgIpc) is 3.62. The number of rotatable bonds is 4. The molecule has 0 aromatic heterocycles. The van der Waals surface area contributed by atoms with Gasteiger partial charge in [-0.1, -0.05) is 48.6 Å². The summed E-state index contributed by atoms with van der Waals surface area (Å²) >= 11 is 0. The molecule has 4 aliphatic carbocycles.